The van der Waals surface area contributed by atoms with Crippen LogP contribution in [0, 0.1) is 6.92 Å². The predicted octanol–water partition coefficient (Wildman–Crippen LogP) is 5.70. The second-order valence-electron chi connectivity index (χ2n) is 7.01. The van der Waals surface area contributed by atoms with Crippen molar-refractivity contribution in [2.24, 2.45) is 0 Å². The van der Waals surface area contributed by atoms with Gasteiger partial charge in [0.25, 0.3) is 11.8 Å². The van der Waals surface area contributed by atoms with E-state index in [4.69, 9.17) is 11.6 Å². The number of benzene rings is 2. The normalized spacial score (nSPS) is 14.6. The van der Waals surface area contributed by atoms with Gasteiger partial charge in [-0.25, -0.2) is 13.8 Å². The fraction of sp³-hybridized carbons (Fsp3) is 0.182. The third-order valence-corrected chi connectivity index (χ3v) is 5.21. The molecule has 0 radical (unpaired) electrons. The van der Waals surface area contributed by atoms with Crippen molar-refractivity contribution in [2.75, 3.05) is 5.32 Å². The van der Waals surface area contributed by atoms with Crippen molar-refractivity contribution in [3.63, 3.8) is 0 Å². The molecule has 1 aliphatic carbocycles. The zero-order valence-electron chi connectivity index (χ0n) is 15.1. The number of fused-ring (bicyclic) bond motifs is 1. The average Bonchev–Trinajstić information content (AvgIpc) is 2.95. The number of hydrogen-bond acceptors (Lipinski definition) is 2. The van der Waals surface area contributed by atoms with E-state index >= 15 is 0 Å². The highest BCUT2D eigenvalue weighted by atomic mass is 35.5. The lowest BCUT2D eigenvalue weighted by atomic mass is 10.0. The molecule has 3 aromatic rings. The van der Waals surface area contributed by atoms with Crippen LogP contribution in [-0.4, -0.2) is 16.8 Å². The minimum absolute atomic E-state index is 0.240. The number of halogens is 3. The van der Waals surface area contributed by atoms with E-state index in [2.05, 4.69) is 10.3 Å². The molecule has 3 nitrogen and oxygen atoms in total. The van der Waals surface area contributed by atoms with Gasteiger partial charge in [-0.1, -0.05) is 29.8 Å². The van der Waals surface area contributed by atoms with Crippen LogP contribution in [0.2, 0.25) is 5.02 Å². The van der Waals surface area contributed by atoms with Gasteiger partial charge >= 0.3 is 0 Å². The first-order chi connectivity index (χ1) is 13.3. The van der Waals surface area contributed by atoms with Crippen LogP contribution in [0.5, 0.6) is 0 Å². The highest BCUT2D eigenvalue weighted by Gasteiger charge is 2.37. The molecule has 1 heterocycles. The van der Waals surface area contributed by atoms with Crippen LogP contribution in [0.3, 0.4) is 0 Å². The number of carbonyl (C=O) groups is 1. The van der Waals surface area contributed by atoms with Gasteiger partial charge in [0, 0.05) is 40.8 Å². The molecule has 1 amide bonds. The summed E-state index contributed by atoms with van der Waals surface area (Å²) in [7, 11) is 0. The van der Waals surface area contributed by atoms with Crippen molar-refractivity contribution in [2.45, 2.75) is 25.7 Å². The third kappa shape index (κ3) is 3.62. The molecule has 142 valence electrons. The highest BCUT2D eigenvalue weighted by Crippen LogP contribution is 2.39. The molecular formula is C22H17ClF2N2O. The lowest BCUT2D eigenvalue weighted by Crippen LogP contribution is -2.14. The Hall–Kier alpha value is -2.79. The van der Waals surface area contributed by atoms with Gasteiger partial charge in [-0.3, -0.25) is 4.79 Å². The first-order valence-electron chi connectivity index (χ1n) is 8.85. The van der Waals surface area contributed by atoms with Crippen molar-refractivity contribution in [3.05, 3.63) is 82.0 Å². The van der Waals surface area contributed by atoms with Crippen LogP contribution >= 0.6 is 11.6 Å². The summed E-state index contributed by atoms with van der Waals surface area (Å²) in [5, 5.41) is 3.17. The number of hydrogen-bond donors (Lipinski definition) is 1. The summed E-state index contributed by atoms with van der Waals surface area (Å²) in [6, 6.07) is 14.0. The number of anilines is 1. The topological polar surface area (TPSA) is 42.0 Å². The van der Waals surface area contributed by atoms with Crippen LogP contribution in [0.1, 0.15) is 27.0 Å². The van der Waals surface area contributed by atoms with E-state index in [0.29, 0.717) is 38.7 Å². The van der Waals surface area contributed by atoms with E-state index in [1.54, 1.807) is 42.6 Å². The maximum Gasteiger partial charge on any atom is 0.257 e. The molecule has 1 aliphatic rings. The molecule has 4 rings (SSSR count). The smallest absolute Gasteiger partial charge is 0.257 e. The van der Waals surface area contributed by atoms with Crippen LogP contribution in [-0.2, 0) is 12.8 Å². The van der Waals surface area contributed by atoms with E-state index in [0.717, 1.165) is 5.56 Å². The van der Waals surface area contributed by atoms with Crippen molar-refractivity contribution in [3.8, 4) is 11.1 Å². The zero-order valence-corrected chi connectivity index (χ0v) is 15.9. The number of alkyl halides is 2. The number of nitrogens with one attached hydrogen (secondary N) is 1. The van der Waals surface area contributed by atoms with Crippen molar-refractivity contribution < 1.29 is 13.6 Å². The van der Waals surface area contributed by atoms with Gasteiger partial charge in [-0.15, -0.1) is 0 Å². The second kappa shape index (κ2) is 6.99. The Morgan fingerprint density at radius 3 is 2.50 bits per heavy atom. The summed E-state index contributed by atoms with van der Waals surface area (Å²) < 4.78 is 27.3. The minimum Gasteiger partial charge on any atom is -0.307 e. The lowest BCUT2D eigenvalue weighted by molar-refractivity contribution is 0.0130. The minimum atomic E-state index is -2.72. The van der Waals surface area contributed by atoms with Crippen LogP contribution in [0.4, 0.5) is 14.6 Å². The molecule has 0 atom stereocenters. The number of amides is 1. The Labute approximate surface area is 166 Å². The first kappa shape index (κ1) is 18.6. The van der Waals surface area contributed by atoms with Gasteiger partial charge in [0.15, 0.2) is 0 Å². The van der Waals surface area contributed by atoms with Crippen molar-refractivity contribution >= 4 is 23.3 Å². The van der Waals surface area contributed by atoms with Gasteiger partial charge < -0.3 is 5.32 Å². The van der Waals surface area contributed by atoms with Gasteiger partial charge in [0.05, 0.1) is 0 Å². The van der Waals surface area contributed by atoms with Gasteiger partial charge in [0.1, 0.15) is 5.82 Å². The van der Waals surface area contributed by atoms with E-state index < -0.39 is 5.92 Å². The SMILES string of the molecule is Cc1ccccc1C(=O)Nc1ccc(-c2cc3c(cc2Cl)CC(F)(F)C3)cn1. The average molecular weight is 399 g/mol. The number of nitrogens with zero attached hydrogens (tertiary/aromatic N) is 1. The van der Waals surface area contributed by atoms with E-state index in [-0.39, 0.29) is 18.7 Å². The summed E-state index contributed by atoms with van der Waals surface area (Å²) in [5.74, 6) is -2.55. The highest BCUT2D eigenvalue weighted by molar-refractivity contribution is 6.33. The molecule has 0 saturated heterocycles. The number of aryl methyl sites for hydroxylation is 1. The van der Waals surface area contributed by atoms with Crippen molar-refractivity contribution in [1.29, 1.82) is 0 Å². The molecule has 0 unspecified atom stereocenters. The van der Waals surface area contributed by atoms with E-state index in [1.165, 1.54) is 0 Å². The Morgan fingerprint density at radius 2 is 1.82 bits per heavy atom. The monoisotopic (exact) mass is 398 g/mol. The van der Waals surface area contributed by atoms with Crippen LogP contribution in [0.15, 0.2) is 54.7 Å². The molecule has 0 bridgehead atoms. The standard InChI is InChI=1S/C22H17ClF2N2O/c1-13-4-2-3-5-17(13)21(28)27-20-7-6-14(12-26-20)18-8-15-10-22(24,25)11-16(15)9-19(18)23/h2-9,12H,10-11H2,1H3,(H,26,27,28). The summed E-state index contributed by atoms with van der Waals surface area (Å²) >= 11 is 6.31. The number of rotatable bonds is 3. The summed E-state index contributed by atoms with van der Waals surface area (Å²) in [5.41, 5.74) is 4.02. The van der Waals surface area contributed by atoms with Crippen LogP contribution < -0.4 is 5.32 Å². The largest absolute Gasteiger partial charge is 0.307 e. The number of carbonyl (C=O) groups excluding carboxylic acids is 1. The molecular weight excluding hydrogens is 382 g/mol. The first-order valence-corrected chi connectivity index (χ1v) is 9.23. The molecule has 1 N–H and O–H groups in total. The predicted molar refractivity (Wildman–Crippen MR) is 106 cm³/mol. The molecule has 0 aliphatic heterocycles. The fourth-order valence-corrected chi connectivity index (χ4v) is 3.76. The van der Waals surface area contributed by atoms with Crippen LogP contribution in [0.25, 0.3) is 11.1 Å². The Kier molecular flexibility index (Phi) is 4.63. The van der Waals surface area contributed by atoms with Crippen molar-refractivity contribution in [1.82, 2.24) is 4.98 Å². The third-order valence-electron chi connectivity index (χ3n) is 4.89. The maximum absolute atomic E-state index is 13.6. The fourth-order valence-electron chi connectivity index (χ4n) is 3.47. The maximum atomic E-state index is 13.6. The number of pyridine rings is 1. The zero-order chi connectivity index (χ0) is 19.9. The van der Waals surface area contributed by atoms with Gasteiger partial charge in [0.2, 0.25) is 0 Å². The summed E-state index contributed by atoms with van der Waals surface area (Å²) in [6.07, 6.45) is 1.03. The quantitative estimate of drug-likeness (QED) is 0.615. The molecule has 0 spiro atoms. The van der Waals surface area contributed by atoms with Gasteiger partial charge in [-0.05, 0) is 53.9 Å². The second-order valence-corrected chi connectivity index (χ2v) is 7.42. The molecule has 1 aromatic heterocycles. The Bertz CT molecular complexity index is 1060. The molecule has 6 heteroatoms. The Balaban J connectivity index is 1.56. The summed E-state index contributed by atoms with van der Waals surface area (Å²) in [4.78, 5) is 16.7. The molecule has 28 heavy (non-hydrogen) atoms. The Morgan fingerprint density at radius 1 is 1.11 bits per heavy atom. The summed E-state index contributed by atoms with van der Waals surface area (Å²) in [6.45, 7) is 1.87. The molecule has 0 fully saturated rings. The number of aromatic nitrogens is 1. The molecule has 2 aromatic carbocycles. The lowest BCUT2D eigenvalue weighted by Gasteiger charge is -2.10. The van der Waals surface area contributed by atoms with E-state index in [9.17, 15) is 13.6 Å². The van der Waals surface area contributed by atoms with E-state index in [1.807, 2.05) is 19.1 Å². The van der Waals surface area contributed by atoms with Gasteiger partial charge in [-0.2, -0.15) is 0 Å². The molecule has 0 saturated carbocycles.